The summed E-state index contributed by atoms with van der Waals surface area (Å²) >= 11 is 3.37. The van der Waals surface area contributed by atoms with Crippen LogP contribution in [0.5, 0.6) is 0 Å². The fourth-order valence-electron chi connectivity index (χ4n) is 8.40. The number of hydrogen-bond acceptors (Lipinski definition) is 3. The molecular formula is C49H32INS2. The highest BCUT2D eigenvalue weighted by Crippen LogP contribution is 2.48. The van der Waals surface area contributed by atoms with Gasteiger partial charge in [0.25, 0.3) is 0 Å². The van der Waals surface area contributed by atoms with Gasteiger partial charge < -0.3 is 0 Å². The molecule has 0 aliphatic carbocycles. The Morgan fingerprint density at radius 2 is 1.19 bits per heavy atom. The smallest absolute Gasteiger partial charge is 0.130 e. The normalized spacial score (nSPS) is 13.2. The molecule has 8 aromatic carbocycles. The SMILES string of the molecule is Cc1c(-c2ccccc2CCC2=Nc3sc4ccccc4c3I=C2c2cccc3ccccc23)c2ccccc2c2c1sc1cc3ccccc3cc12. The average molecular weight is 826 g/mol. The van der Waals surface area contributed by atoms with Gasteiger partial charge in [0.15, 0.2) is 0 Å². The van der Waals surface area contributed by atoms with Crippen LogP contribution in [0.4, 0.5) is 5.00 Å². The van der Waals surface area contributed by atoms with Gasteiger partial charge in [-0.25, -0.2) is 4.99 Å². The Morgan fingerprint density at radius 3 is 2.06 bits per heavy atom. The summed E-state index contributed by atoms with van der Waals surface area (Å²) in [6.45, 7) is 2.35. The van der Waals surface area contributed by atoms with Crippen molar-refractivity contribution in [1.29, 1.82) is 0 Å². The molecule has 0 N–H and O–H groups in total. The van der Waals surface area contributed by atoms with Crippen molar-refractivity contribution in [1.82, 2.24) is 0 Å². The molecular weight excluding hydrogens is 794 g/mol. The first-order valence-corrected chi connectivity index (χ1v) is 21.9. The maximum atomic E-state index is 5.55. The number of aliphatic imine (C=N–C) groups is 1. The van der Waals surface area contributed by atoms with E-state index in [0.717, 1.165) is 12.8 Å². The molecule has 53 heavy (non-hydrogen) atoms. The minimum atomic E-state index is -0.439. The summed E-state index contributed by atoms with van der Waals surface area (Å²) in [4.78, 5) is 5.55. The van der Waals surface area contributed by atoms with Crippen LogP contribution in [0.2, 0.25) is 0 Å². The Morgan fingerprint density at radius 1 is 0.528 bits per heavy atom. The van der Waals surface area contributed by atoms with E-state index in [1.165, 1.54) is 108 Å². The topological polar surface area (TPSA) is 12.4 Å². The monoisotopic (exact) mass is 825 g/mol. The van der Waals surface area contributed by atoms with Gasteiger partial charge in [0.05, 0.1) is 9.28 Å². The second-order valence-corrected chi connectivity index (χ2v) is 18.7. The third kappa shape index (κ3) is 5.07. The van der Waals surface area contributed by atoms with Crippen molar-refractivity contribution in [2.45, 2.75) is 19.8 Å². The lowest BCUT2D eigenvalue weighted by Crippen LogP contribution is -2.17. The molecule has 1 nitrogen and oxygen atoms in total. The largest absolute Gasteiger partial charge is 0.240 e. The predicted octanol–water partition coefficient (Wildman–Crippen LogP) is 14.8. The molecule has 10 aromatic rings. The van der Waals surface area contributed by atoms with E-state index in [1.807, 2.05) is 22.7 Å². The summed E-state index contributed by atoms with van der Waals surface area (Å²) in [5.74, 6) is 0. The summed E-state index contributed by atoms with van der Waals surface area (Å²) in [6.07, 6.45) is 1.83. The van der Waals surface area contributed by atoms with Crippen LogP contribution in [0.25, 0.3) is 73.7 Å². The van der Waals surface area contributed by atoms with Gasteiger partial charge in [-0.05, 0) is 98.1 Å². The van der Waals surface area contributed by atoms with Gasteiger partial charge in [-0.3, -0.25) is 0 Å². The van der Waals surface area contributed by atoms with Crippen molar-refractivity contribution in [3.05, 3.63) is 172 Å². The third-order valence-corrected chi connectivity index (χ3v) is 17.0. The van der Waals surface area contributed by atoms with Crippen molar-refractivity contribution in [2.24, 2.45) is 4.99 Å². The van der Waals surface area contributed by atoms with E-state index in [-0.39, 0.29) is 0 Å². The average Bonchev–Trinajstić information content (AvgIpc) is 3.77. The number of thiophene rings is 2. The van der Waals surface area contributed by atoms with Crippen molar-refractivity contribution < 1.29 is 0 Å². The quantitative estimate of drug-likeness (QED) is 0.153. The van der Waals surface area contributed by atoms with Crippen LogP contribution in [0.3, 0.4) is 0 Å². The lowest BCUT2D eigenvalue weighted by molar-refractivity contribution is 1.05. The molecule has 0 saturated carbocycles. The molecule has 0 radical (unpaired) electrons. The Bertz CT molecular complexity index is 3190. The number of halogens is 1. The molecule has 2 aromatic heterocycles. The van der Waals surface area contributed by atoms with Crippen molar-refractivity contribution in [3.63, 3.8) is 0 Å². The fraction of sp³-hybridized carbons (Fsp3) is 0.0612. The van der Waals surface area contributed by atoms with Crippen LogP contribution in [0, 0.1) is 10.5 Å². The Kier molecular flexibility index (Phi) is 7.46. The first-order valence-electron chi connectivity index (χ1n) is 18.1. The summed E-state index contributed by atoms with van der Waals surface area (Å²) in [7, 11) is 0. The number of fused-ring (bicyclic) bond motifs is 10. The molecule has 1 aliphatic rings. The molecule has 11 rings (SSSR count). The van der Waals surface area contributed by atoms with E-state index in [9.17, 15) is 0 Å². The van der Waals surface area contributed by atoms with E-state index in [2.05, 4.69) is 159 Å². The van der Waals surface area contributed by atoms with Crippen molar-refractivity contribution in [2.75, 3.05) is 0 Å². The first kappa shape index (κ1) is 31.5. The molecule has 0 unspecified atom stereocenters. The highest BCUT2D eigenvalue weighted by atomic mass is 127. The molecule has 0 bridgehead atoms. The number of rotatable bonds is 5. The summed E-state index contributed by atoms with van der Waals surface area (Å²) in [5.41, 5.74) is 8.07. The van der Waals surface area contributed by atoms with E-state index >= 15 is 0 Å². The Balaban J connectivity index is 1.06. The number of nitrogens with zero attached hydrogens (tertiary/aromatic N) is 1. The van der Waals surface area contributed by atoms with Crippen LogP contribution in [-0.2, 0) is 6.42 Å². The maximum Gasteiger partial charge on any atom is 0.130 e. The maximum absolute atomic E-state index is 5.55. The van der Waals surface area contributed by atoms with Gasteiger partial charge in [-0.2, -0.15) is 0 Å². The van der Waals surface area contributed by atoms with Crippen LogP contribution in [-0.4, -0.2) is 9.22 Å². The minimum absolute atomic E-state index is 0.439. The molecule has 0 atom stereocenters. The molecule has 0 saturated heterocycles. The number of aryl methyl sites for hydroxylation is 2. The van der Waals surface area contributed by atoms with Gasteiger partial charge in [-0.15, -0.1) is 22.7 Å². The molecule has 0 amide bonds. The highest BCUT2D eigenvalue weighted by Gasteiger charge is 2.24. The van der Waals surface area contributed by atoms with Gasteiger partial charge in [0.2, 0.25) is 0 Å². The van der Waals surface area contributed by atoms with Gasteiger partial charge in [-0.1, -0.05) is 154 Å². The van der Waals surface area contributed by atoms with Crippen molar-refractivity contribution >= 4 is 120 Å². The van der Waals surface area contributed by atoms with E-state index in [4.69, 9.17) is 4.99 Å². The molecule has 4 heteroatoms. The van der Waals surface area contributed by atoms with Gasteiger partial charge in [0, 0.05) is 33.8 Å². The summed E-state index contributed by atoms with van der Waals surface area (Å²) in [5, 5.41) is 13.2. The lowest BCUT2D eigenvalue weighted by Gasteiger charge is -2.19. The first-order chi connectivity index (χ1) is 26.2. The second kappa shape index (κ2) is 12.6. The number of hydrogen-bond donors (Lipinski definition) is 0. The van der Waals surface area contributed by atoms with E-state index < -0.39 is 20.7 Å². The van der Waals surface area contributed by atoms with Gasteiger partial charge >= 0.3 is 0 Å². The minimum Gasteiger partial charge on any atom is -0.240 e. The molecule has 252 valence electrons. The molecule has 0 fully saturated rings. The highest BCUT2D eigenvalue weighted by molar-refractivity contribution is 14.2. The van der Waals surface area contributed by atoms with E-state index in [0.29, 0.717) is 0 Å². The van der Waals surface area contributed by atoms with Gasteiger partial charge in [0.1, 0.15) is 5.00 Å². The van der Waals surface area contributed by atoms with Crippen molar-refractivity contribution in [3.8, 4) is 11.1 Å². The Hall–Kier alpha value is -5.01. The summed E-state index contributed by atoms with van der Waals surface area (Å²) < 4.78 is 7.03. The predicted molar refractivity (Wildman–Crippen MR) is 243 cm³/mol. The molecule has 0 spiro atoms. The third-order valence-electron chi connectivity index (χ3n) is 10.9. The Labute approximate surface area is 325 Å². The fourth-order valence-corrected chi connectivity index (χ4v) is 14.5. The lowest BCUT2D eigenvalue weighted by atomic mass is 9.87. The molecule has 3 heterocycles. The summed E-state index contributed by atoms with van der Waals surface area (Å²) in [6, 6.07) is 56.3. The standard InChI is InChI=1S/C49H32INS2/c1-29-44(36-20-8-9-21-37(36)45-40-27-32-15-2-3-16-33(32)28-43(40)52-48(29)45)35-19-7-5-14-31(35)25-26-41-46(38-23-12-17-30-13-4-6-18-34(30)38)50-47-39-22-10-11-24-42(39)53-49(47)51-41/h2-24,27-28H,25-26H2,1H3. The van der Waals surface area contributed by atoms with Crippen LogP contribution in [0.1, 0.15) is 23.1 Å². The van der Waals surface area contributed by atoms with Crippen LogP contribution >= 0.6 is 43.4 Å². The second-order valence-electron chi connectivity index (χ2n) is 13.9. The van der Waals surface area contributed by atoms with E-state index in [1.54, 1.807) is 0 Å². The zero-order valence-electron chi connectivity index (χ0n) is 29.0. The number of benzene rings is 8. The van der Waals surface area contributed by atoms with Crippen LogP contribution < -0.4 is 0 Å². The zero-order valence-corrected chi connectivity index (χ0v) is 32.8. The zero-order chi connectivity index (χ0) is 35.0. The van der Waals surface area contributed by atoms with Crippen LogP contribution in [0.15, 0.2) is 157 Å². The molecule has 1 aliphatic heterocycles.